The van der Waals surface area contributed by atoms with Crippen LogP contribution in [0, 0.1) is 6.92 Å². The second-order valence-corrected chi connectivity index (χ2v) is 6.12. The number of aryl methyl sites for hydroxylation is 1. The van der Waals surface area contributed by atoms with Crippen LogP contribution in [0.1, 0.15) is 5.56 Å². The number of amides is 1. The van der Waals surface area contributed by atoms with E-state index >= 15 is 0 Å². The molecule has 0 radical (unpaired) electrons. The van der Waals surface area contributed by atoms with Crippen molar-refractivity contribution in [2.45, 2.75) is 12.2 Å². The summed E-state index contributed by atoms with van der Waals surface area (Å²) < 4.78 is 0.972. The van der Waals surface area contributed by atoms with Crippen molar-refractivity contribution in [3.63, 3.8) is 0 Å². The number of halogens is 1. The Morgan fingerprint density at radius 1 is 1.56 bits per heavy atom. The van der Waals surface area contributed by atoms with Gasteiger partial charge in [-0.3, -0.25) is 9.59 Å². The average molecular weight is 330 g/mol. The lowest BCUT2D eigenvalue weighted by Gasteiger charge is -2.30. The zero-order valence-electron chi connectivity index (χ0n) is 9.72. The number of benzene rings is 1. The maximum absolute atomic E-state index is 11.9. The summed E-state index contributed by atoms with van der Waals surface area (Å²) in [5, 5.41) is 8.47. The molecule has 2 rings (SSSR count). The average Bonchev–Trinajstić information content (AvgIpc) is 2.33. The molecule has 1 fully saturated rings. The Morgan fingerprint density at radius 2 is 2.28 bits per heavy atom. The molecule has 1 heterocycles. The van der Waals surface area contributed by atoms with E-state index in [0.29, 0.717) is 0 Å². The van der Waals surface area contributed by atoms with E-state index in [0.717, 1.165) is 15.7 Å². The largest absolute Gasteiger partial charge is 0.480 e. The SMILES string of the molecule is Cc1cc(N2CC(C(=O)O)SCC2=O)ccc1Br. The van der Waals surface area contributed by atoms with E-state index < -0.39 is 11.2 Å². The van der Waals surface area contributed by atoms with Crippen LogP contribution in [0.3, 0.4) is 0 Å². The lowest BCUT2D eigenvalue weighted by Crippen LogP contribution is -2.45. The van der Waals surface area contributed by atoms with Gasteiger partial charge in [0.25, 0.3) is 0 Å². The first-order valence-electron chi connectivity index (χ1n) is 5.40. The fourth-order valence-corrected chi connectivity index (χ4v) is 2.91. The van der Waals surface area contributed by atoms with Crippen LogP contribution in [0.4, 0.5) is 5.69 Å². The molecule has 0 saturated carbocycles. The molecule has 1 aliphatic heterocycles. The summed E-state index contributed by atoms with van der Waals surface area (Å²) >= 11 is 4.59. The van der Waals surface area contributed by atoms with Gasteiger partial charge in [0.2, 0.25) is 5.91 Å². The van der Waals surface area contributed by atoms with Gasteiger partial charge in [-0.15, -0.1) is 11.8 Å². The van der Waals surface area contributed by atoms with Gasteiger partial charge in [0.05, 0.1) is 5.75 Å². The van der Waals surface area contributed by atoms with Crippen molar-refractivity contribution in [1.82, 2.24) is 0 Å². The zero-order chi connectivity index (χ0) is 13.3. The molecule has 6 heteroatoms. The monoisotopic (exact) mass is 329 g/mol. The zero-order valence-corrected chi connectivity index (χ0v) is 12.1. The van der Waals surface area contributed by atoms with Gasteiger partial charge in [-0.05, 0) is 30.7 Å². The number of anilines is 1. The van der Waals surface area contributed by atoms with Crippen LogP contribution in [0.25, 0.3) is 0 Å². The van der Waals surface area contributed by atoms with Gasteiger partial charge in [0.1, 0.15) is 5.25 Å². The highest BCUT2D eigenvalue weighted by atomic mass is 79.9. The van der Waals surface area contributed by atoms with Gasteiger partial charge >= 0.3 is 5.97 Å². The van der Waals surface area contributed by atoms with Crippen LogP contribution in [0.15, 0.2) is 22.7 Å². The molecule has 0 spiro atoms. The number of carboxylic acids is 1. The number of rotatable bonds is 2. The molecule has 1 saturated heterocycles. The van der Waals surface area contributed by atoms with Gasteiger partial charge in [-0.25, -0.2) is 0 Å². The highest BCUT2D eigenvalue weighted by molar-refractivity contribution is 9.10. The third-order valence-electron chi connectivity index (χ3n) is 2.79. The van der Waals surface area contributed by atoms with E-state index in [1.165, 1.54) is 11.8 Å². The van der Waals surface area contributed by atoms with Crippen molar-refractivity contribution in [2.24, 2.45) is 0 Å². The van der Waals surface area contributed by atoms with Crippen molar-refractivity contribution in [3.8, 4) is 0 Å². The third-order valence-corrected chi connectivity index (χ3v) is 4.84. The number of carbonyl (C=O) groups excluding carboxylic acids is 1. The van der Waals surface area contributed by atoms with Gasteiger partial charge in [-0.2, -0.15) is 0 Å². The van der Waals surface area contributed by atoms with Gasteiger partial charge in [-0.1, -0.05) is 15.9 Å². The Morgan fingerprint density at radius 3 is 2.89 bits per heavy atom. The van der Waals surface area contributed by atoms with Crippen LogP contribution in [-0.4, -0.2) is 34.5 Å². The predicted octanol–water partition coefficient (Wildman–Crippen LogP) is 2.29. The third kappa shape index (κ3) is 2.70. The summed E-state index contributed by atoms with van der Waals surface area (Å²) in [6, 6.07) is 5.58. The molecule has 0 bridgehead atoms. The molecule has 4 nitrogen and oxygen atoms in total. The number of nitrogens with zero attached hydrogens (tertiary/aromatic N) is 1. The van der Waals surface area contributed by atoms with Crippen LogP contribution in [0.5, 0.6) is 0 Å². The topological polar surface area (TPSA) is 57.6 Å². The molecule has 96 valence electrons. The summed E-state index contributed by atoms with van der Waals surface area (Å²) in [5.41, 5.74) is 1.78. The van der Waals surface area contributed by atoms with E-state index in [1.807, 2.05) is 25.1 Å². The van der Waals surface area contributed by atoms with Crippen LogP contribution in [-0.2, 0) is 9.59 Å². The van der Waals surface area contributed by atoms with Crippen molar-refractivity contribution >= 4 is 45.3 Å². The molecule has 1 aromatic rings. The minimum absolute atomic E-state index is 0.0424. The van der Waals surface area contributed by atoms with Crippen LogP contribution < -0.4 is 4.90 Å². The highest BCUT2D eigenvalue weighted by Crippen LogP contribution is 2.28. The summed E-state index contributed by atoms with van der Waals surface area (Å²) in [6.07, 6.45) is 0. The van der Waals surface area contributed by atoms with E-state index in [9.17, 15) is 9.59 Å². The van der Waals surface area contributed by atoms with Gasteiger partial charge in [0, 0.05) is 16.7 Å². The van der Waals surface area contributed by atoms with E-state index in [4.69, 9.17) is 5.11 Å². The molecule has 0 aliphatic carbocycles. The first-order chi connectivity index (χ1) is 8.49. The maximum atomic E-state index is 11.9. The van der Waals surface area contributed by atoms with Gasteiger partial charge < -0.3 is 10.0 Å². The van der Waals surface area contributed by atoms with Crippen LogP contribution in [0.2, 0.25) is 0 Å². The molecular weight excluding hydrogens is 318 g/mol. The maximum Gasteiger partial charge on any atom is 0.318 e. The standard InChI is InChI=1S/C12H12BrNO3S/c1-7-4-8(2-3-9(7)13)14-5-10(12(16)17)18-6-11(14)15/h2-4,10H,5-6H2,1H3,(H,16,17). The fourth-order valence-electron chi connectivity index (χ4n) is 1.77. The number of hydrogen-bond acceptors (Lipinski definition) is 3. The molecule has 1 unspecified atom stereocenters. The molecule has 1 amide bonds. The number of aliphatic carboxylic acids is 1. The summed E-state index contributed by atoms with van der Waals surface area (Å²) in [5.74, 6) is -0.697. The Hall–Kier alpha value is -1.01. The lowest BCUT2D eigenvalue weighted by molar-refractivity contribution is -0.136. The molecule has 18 heavy (non-hydrogen) atoms. The highest BCUT2D eigenvalue weighted by Gasteiger charge is 2.31. The van der Waals surface area contributed by atoms with Crippen LogP contribution >= 0.6 is 27.7 Å². The van der Waals surface area contributed by atoms with E-state index in [2.05, 4.69) is 15.9 Å². The number of thioether (sulfide) groups is 1. The van der Waals surface area contributed by atoms with Crippen molar-refractivity contribution in [1.29, 1.82) is 0 Å². The fraction of sp³-hybridized carbons (Fsp3) is 0.333. The minimum atomic E-state index is -0.869. The quantitative estimate of drug-likeness (QED) is 0.904. The summed E-state index contributed by atoms with van der Waals surface area (Å²) in [4.78, 5) is 24.4. The molecule has 0 aromatic heterocycles. The van der Waals surface area contributed by atoms with Crippen molar-refractivity contribution < 1.29 is 14.7 Å². The Bertz CT molecular complexity index is 506. The first-order valence-corrected chi connectivity index (χ1v) is 7.24. The summed E-state index contributed by atoms with van der Waals surface area (Å²) in [6.45, 7) is 2.16. The molecule has 1 atom stereocenters. The Kier molecular flexibility index (Phi) is 3.97. The molecular formula is C12H12BrNO3S. The Labute approximate surface area is 117 Å². The number of carboxylic acid groups (broad SMARTS) is 1. The smallest absolute Gasteiger partial charge is 0.318 e. The number of hydrogen-bond donors (Lipinski definition) is 1. The lowest BCUT2D eigenvalue weighted by atomic mass is 10.2. The number of carbonyl (C=O) groups is 2. The second-order valence-electron chi connectivity index (χ2n) is 4.08. The Balaban J connectivity index is 2.26. The normalized spacial score (nSPS) is 20.0. The van der Waals surface area contributed by atoms with Gasteiger partial charge in [0.15, 0.2) is 0 Å². The molecule has 1 aliphatic rings. The second kappa shape index (κ2) is 5.32. The molecule has 1 N–H and O–H groups in total. The predicted molar refractivity (Wildman–Crippen MR) is 75.1 cm³/mol. The van der Waals surface area contributed by atoms with E-state index in [1.54, 1.807) is 4.90 Å². The van der Waals surface area contributed by atoms with Crippen molar-refractivity contribution in [2.75, 3.05) is 17.2 Å². The molecule has 1 aromatic carbocycles. The minimum Gasteiger partial charge on any atom is -0.480 e. The van der Waals surface area contributed by atoms with E-state index in [-0.39, 0.29) is 18.2 Å². The van der Waals surface area contributed by atoms with Crippen molar-refractivity contribution in [3.05, 3.63) is 28.2 Å². The summed E-state index contributed by atoms with van der Waals surface area (Å²) in [7, 11) is 0. The first kappa shape index (κ1) is 13.4.